The van der Waals surface area contributed by atoms with Gasteiger partial charge in [0.05, 0.1) is 5.41 Å². The van der Waals surface area contributed by atoms with E-state index in [1.807, 2.05) is 13.8 Å². The van der Waals surface area contributed by atoms with Gasteiger partial charge in [0.25, 0.3) is 0 Å². The number of allylic oxidation sites excluding steroid dienone is 1. The van der Waals surface area contributed by atoms with E-state index in [0.29, 0.717) is 6.42 Å². The Morgan fingerprint density at radius 1 is 1.67 bits per heavy atom. The summed E-state index contributed by atoms with van der Waals surface area (Å²) in [6.45, 7) is 5.53. The molecule has 0 unspecified atom stereocenters. The van der Waals surface area contributed by atoms with Gasteiger partial charge in [-0.2, -0.15) is 0 Å². The van der Waals surface area contributed by atoms with Gasteiger partial charge in [0.15, 0.2) is 0 Å². The maximum atomic E-state index is 10.9. The standard InChI is InChI=1S/C9H15ClO2/c1-7(2)9(3,8(11)12)5-4-6-10/h4,6-7H,5H2,1-3H3,(H,11,12)/b6-4+/t9-/m0/s1. The van der Waals surface area contributed by atoms with Crippen LogP contribution in [0.4, 0.5) is 0 Å². The number of hydrogen-bond acceptors (Lipinski definition) is 1. The molecule has 0 aromatic rings. The van der Waals surface area contributed by atoms with Crippen LogP contribution in [0.5, 0.6) is 0 Å². The van der Waals surface area contributed by atoms with Gasteiger partial charge in [-0.05, 0) is 19.3 Å². The van der Waals surface area contributed by atoms with Crippen LogP contribution in [0.15, 0.2) is 11.6 Å². The van der Waals surface area contributed by atoms with E-state index in [2.05, 4.69) is 0 Å². The molecule has 70 valence electrons. The zero-order valence-corrected chi connectivity index (χ0v) is 8.43. The molecule has 0 heterocycles. The highest BCUT2D eigenvalue weighted by atomic mass is 35.5. The molecule has 0 bridgehead atoms. The lowest BCUT2D eigenvalue weighted by Crippen LogP contribution is -2.32. The summed E-state index contributed by atoms with van der Waals surface area (Å²) in [7, 11) is 0. The second kappa shape index (κ2) is 4.51. The molecular weight excluding hydrogens is 176 g/mol. The summed E-state index contributed by atoms with van der Waals surface area (Å²) in [4.78, 5) is 10.9. The van der Waals surface area contributed by atoms with Gasteiger partial charge in [-0.1, -0.05) is 31.5 Å². The highest BCUT2D eigenvalue weighted by Gasteiger charge is 2.35. The maximum Gasteiger partial charge on any atom is 0.309 e. The Bertz CT molecular complexity index is 187. The normalized spacial score (nSPS) is 16.8. The van der Waals surface area contributed by atoms with Crippen LogP contribution < -0.4 is 0 Å². The van der Waals surface area contributed by atoms with Crippen molar-refractivity contribution in [2.24, 2.45) is 11.3 Å². The van der Waals surface area contributed by atoms with Gasteiger partial charge in [-0.25, -0.2) is 0 Å². The lowest BCUT2D eigenvalue weighted by molar-refractivity contribution is -0.150. The average Bonchev–Trinajstić information content (AvgIpc) is 1.99. The molecule has 0 fully saturated rings. The molecule has 0 aliphatic heterocycles. The molecule has 1 N–H and O–H groups in total. The zero-order chi connectivity index (χ0) is 9.78. The van der Waals surface area contributed by atoms with E-state index in [1.54, 1.807) is 13.0 Å². The quantitative estimate of drug-likeness (QED) is 0.740. The minimum atomic E-state index is -0.771. The van der Waals surface area contributed by atoms with Gasteiger partial charge in [-0.15, -0.1) is 0 Å². The molecule has 0 spiro atoms. The summed E-state index contributed by atoms with van der Waals surface area (Å²) < 4.78 is 0. The Labute approximate surface area is 78.2 Å². The van der Waals surface area contributed by atoms with Gasteiger partial charge >= 0.3 is 5.97 Å². The van der Waals surface area contributed by atoms with Gasteiger partial charge in [0.1, 0.15) is 0 Å². The third-order valence-electron chi connectivity index (χ3n) is 2.39. The lowest BCUT2D eigenvalue weighted by Gasteiger charge is -2.27. The maximum absolute atomic E-state index is 10.9. The highest BCUT2D eigenvalue weighted by Crippen LogP contribution is 2.31. The molecule has 0 rings (SSSR count). The first-order valence-corrected chi connectivity index (χ1v) is 4.37. The number of carbonyl (C=O) groups is 1. The van der Waals surface area contributed by atoms with Crippen LogP contribution in [0.1, 0.15) is 27.2 Å². The topological polar surface area (TPSA) is 37.3 Å². The van der Waals surface area contributed by atoms with Crippen molar-refractivity contribution in [3.63, 3.8) is 0 Å². The Morgan fingerprint density at radius 3 is 2.42 bits per heavy atom. The van der Waals surface area contributed by atoms with Gasteiger partial charge in [0, 0.05) is 5.54 Å². The molecule has 0 aromatic heterocycles. The number of aliphatic carboxylic acids is 1. The van der Waals surface area contributed by atoms with E-state index in [1.165, 1.54) is 5.54 Å². The van der Waals surface area contributed by atoms with Gasteiger partial charge < -0.3 is 5.11 Å². The monoisotopic (exact) mass is 190 g/mol. The van der Waals surface area contributed by atoms with E-state index < -0.39 is 11.4 Å². The second-order valence-corrected chi connectivity index (χ2v) is 3.70. The minimum absolute atomic E-state index is 0.0999. The SMILES string of the molecule is CC(C)[C@](C)(C/C=C/Cl)C(=O)O. The summed E-state index contributed by atoms with van der Waals surface area (Å²) in [6.07, 6.45) is 2.15. The van der Waals surface area contributed by atoms with Crippen molar-refractivity contribution in [2.75, 3.05) is 0 Å². The van der Waals surface area contributed by atoms with E-state index in [-0.39, 0.29) is 5.92 Å². The van der Waals surface area contributed by atoms with E-state index in [0.717, 1.165) is 0 Å². The predicted molar refractivity (Wildman–Crippen MR) is 50.2 cm³/mol. The first-order valence-electron chi connectivity index (χ1n) is 3.93. The van der Waals surface area contributed by atoms with Crippen LogP contribution in [0.2, 0.25) is 0 Å². The first-order chi connectivity index (χ1) is 5.45. The molecule has 0 aliphatic rings. The summed E-state index contributed by atoms with van der Waals surface area (Å²) in [5.41, 5.74) is 0.662. The molecule has 1 atom stereocenters. The van der Waals surface area contributed by atoms with Crippen molar-refractivity contribution < 1.29 is 9.90 Å². The second-order valence-electron chi connectivity index (χ2n) is 3.44. The van der Waals surface area contributed by atoms with E-state index >= 15 is 0 Å². The number of hydrogen-bond donors (Lipinski definition) is 1. The van der Waals surface area contributed by atoms with Crippen molar-refractivity contribution in [1.29, 1.82) is 0 Å². The minimum Gasteiger partial charge on any atom is -0.481 e. The van der Waals surface area contributed by atoms with Crippen LogP contribution in [-0.4, -0.2) is 11.1 Å². The molecule has 2 nitrogen and oxygen atoms in total. The fourth-order valence-electron chi connectivity index (χ4n) is 0.859. The third kappa shape index (κ3) is 2.52. The smallest absolute Gasteiger partial charge is 0.309 e. The largest absolute Gasteiger partial charge is 0.481 e. The Balaban J connectivity index is 4.51. The van der Waals surface area contributed by atoms with E-state index in [9.17, 15) is 4.79 Å². The van der Waals surface area contributed by atoms with E-state index in [4.69, 9.17) is 16.7 Å². The molecule has 0 aromatic carbocycles. The molecule has 3 heteroatoms. The van der Waals surface area contributed by atoms with Crippen molar-refractivity contribution in [3.05, 3.63) is 11.6 Å². The molecule has 0 saturated heterocycles. The Hall–Kier alpha value is -0.500. The fraction of sp³-hybridized carbons (Fsp3) is 0.667. The Kier molecular flexibility index (Phi) is 4.32. The van der Waals surface area contributed by atoms with Crippen molar-refractivity contribution >= 4 is 17.6 Å². The number of halogens is 1. The zero-order valence-electron chi connectivity index (χ0n) is 7.67. The fourth-order valence-corrected chi connectivity index (χ4v) is 0.948. The number of carboxylic acids is 1. The van der Waals surface area contributed by atoms with Crippen LogP contribution in [0.3, 0.4) is 0 Å². The van der Waals surface area contributed by atoms with Crippen LogP contribution in [-0.2, 0) is 4.79 Å². The summed E-state index contributed by atoms with van der Waals surface area (Å²) >= 11 is 5.34. The first kappa shape index (κ1) is 11.5. The van der Waals surface area contributed by atoms with Crippen LogP contribution >= 0.6 is 11.6 Å². The summed E-state index contributed by atoms with van der Waals surface area (Å²) in [5.74, 6) is -0.671. The average molecular weight is 191 g/mol. The highest BCUT2D eigenvalue weighted by molar-refractivity contribution is 6.25. The van der Waals surface area contributed by atoms with Gasteiger partial charge in [-0.3, -0.25) is 4.79 Å². The molecule has 0 radical (unpaired) electrons. The third-order valence-corrected chi connectivity index (χ3v) is 2.57. The molecule has 0 saturated carbocycles. The summed E-state index contributed by atoms with van der Waals surface area (Å²) in [5, 5.41) is 8.95. The summed E-state index contributed by atoms with van der Waals surface area (Å²) in [6, 6.07) is 0. The van der Waals surface area contributed by atoms with Crippen molar-refractivity contribution in [2.45, 2.75) is 27.2 Å². The van der Waals surface area contributed by atoms with Crippen molar-refractivity contribution in [3.8, 4) is 0 Å². The van der Waals surface area contributed by atoms with Crippen molar-refractivity contribution in [1.82, 2.24) is 0 Å². The van der Waals surface area contributed by atoms with Crippen LogP contribution in [0, 0.1) is 11.3 Å². The Morgan fingerprint density at radius 2 is 2.17 bits per heavy atom. The molecule has 0 aliphatic carbocycles. The molecule has 0 amide bonds. The van der Waals surface area contributed by atoms with Crippen LogP contribution in [0.25, 0.3) is 0 Å². The predicted octanol–water partition coefficient (Wildman–Crippen LogP) is 2.88. The molecular formula is C9H15ClO2. The number of carboxylic acid groups (broad SMARTS) is 1. The number of rotatable bonds is 4. The van der Waals surface area contributed by atoms with Gasteiger partial charge in [0.2, 0.25) is 0 Å². The lowest BCUT2D eigenvalue weighted by atomic mass is 9.76. The molecule has 12 heavy (non-hydrogen) atoms.